The van der Waals surface area contributed by atoms with Gasteiger partial charge in [-0.3, -0.25) is 0 Å². The number of rotatable bonds is 7. The van der Waals surface area contributed by atoms with Crippen LogP contribution >= 0.6 is 11.3 Å². The van der Waals surface area contributed by atoms with E-state index in [0.717, 1.165) is 24.3 Å². The summed E-state index contributed by atoms with van der Waals surface area (Å²) in [4.78, 5) is 3.13. The first kappa shape index (κ1) is 14.6. The molecule has 1 heterocycles. The van der Waals surface area contributed by atoms with Crippen LogP contribution in [0.1, 0.15) is 18.2 Å². The quantitative estimate of drug-likeness (QED) is 0.769. The zero-order valence-corrected chi connectivity index (χ0v) is 12.2. The van der Waals surface area contributed by atoms with Crippen molar-refractivity contribution in [2.75, 3.05) is 27.2 Å². The van der Waals surface area contributed by atoms with Crippen LogP contribution in [0, 0.1) is 0 Å². The number of thiophene rings is 1. The van der Waals surface area contributed by atoms with Crippen molar-refractivity contribution in [2.24, 2.45) is 0 Å². The summed E-state index contributed by atoms with van der Waals surface area (Å²) in [6.07, 6.45) is 1.69. The van der Waals surface area contributed by atoms with Gasteiger partial charge in [-0.2, -0.15) is 0 Å². The number of aryl methyl sites for hydroxylation is 1. The van der Waals surface area contributed by atoms with Crippen LogP contribution in [0.2, 0.25) is 0 Å². The van der Waals surface area contributed by atoms with Crippen LogP contribution in [0.3, 0.4) is 0 Å². The van der Waals surface area contributed by atoms with Gasteiger partial charge in [0.2, 0.25) is 10.0 Å². The lowest BCUT2D eigenvalue weighted by Crippen LogP contribution is -2.26. The maximum atomic E-state index is 11.9. The van der Waals surface area contributed by atoms with Crippen LogP contribution in [0.5, 0.6) is 0 Å². The minimum Gasteiger partial charge on any atom is -0.309 e. The summed E-state index contributed by atoms with van der Waals surface area (Å²) in [6, 6.07) is 3.55. The standard InChI is InChI=1S/C11H20N2O2S2/c1-4-10-6-7-11(16-10)17(14,15)12-8-5-9-13(2)3/h6-7,12H,4-5,8-9H2,1-3H3. The molecule has 4 nitrogen and oxygen atoms in total. The summed E-state index contributed by atoms with van der Waals surface area (Å²) >= 11 is 1.34. The minimum absolute atomic E-state index is 0.416. The molecular formula is C11H20N2O2S2. The molecule has 0 saturated carbocycles. The van der Waals surface area contributed by atoms with Gasteiger partial charge in [0.25, 0.3) is 0 Å². The van der Waals surface area contributed by atoms with Crippen LogP contribution in [-0.4, -0.2) is 40.5 Å². The van der Waals surface area contributed by atoms with Crippen molar-refractivity contribution in [1.29, 1.82) is 0 Å². The van der Waals surface area contributed by atoms with E-state index >= 15 is 0 Å². The van der Waals surface area contributed by atoms with Gasteiger partial charge >= 0.3 is 0 Å². The first-order valence-electron chi connectivity index (χ1n) is 5.69. The van der Waals surface area contributed by atoms with Crippen molar-refractivity contribution in [3.63, 3.8) is 0 Å². The fraction of sp³-hybridized carbons (Fsp3) is 0.636. The molecule has 0 fully saturated rings. The zero-order chi connectivity index (χ0) is 12.9. The van der Waals surface area contributed by atoms with Crippen LogP contribution in [0.4, 0.5) is 0 Å². The molecule has 0 bridgehead atoms. The molecule has 17 heavy (non-hydrogen) atoms. The van der Waals surface area contributed by atoms with Gasteiger partial charge < -0.3 is 4.90 Å². The molecule has 98 valence electrons. The molecule has 0 radical (unpaired) electrons. The summed E-state index contributed by atoms with van der Waals surface area (Å²) in [6.45, 7) is 3.39. The van der Waals surface area contributed by atoms with Crippen LogP contribution < -0.4 is 4.72 Å². The summed E-state index contributed by atoms with van der Waals surface area (Å²) in [5.74, 6) is 0. The number of hydrogen-bond acceptors (Lipinski definition) is 4. The third-order valence-electron chi connectivity index (χ3n) is 2.32. The van der Waals surface area contributed by atoms with E-state index in [1.54, 1.807) is 6.07 Å². The van der Waals surface area contributed by atoms with Crippen molar-refractivity contribution in [3.05, 3.63) is 17.0 Å². The lowest BCUT2D eigenvalue weighted by atomic mass is 10.4. The molecule has 1 aromatic heterocycles. The lowest BCUT2D eigenvalue weighted by Gasteiger charge is -2.09. The molecule has 1 aromatic rings. The molecular weight excluding hydrogens is 256 g/mol. The fourth-order valence-electron chi connectivity index (χ4n) is 1.37. The van der Waals surface area contributed by atoms with E-state index in [0.29, 0.717) is 10.8 Å². The van der Waals surface area contributed by atoms with Gasteiger partial charge in [-0.1, -0.05) is 6.92 Å². The van der Waals surface area contributed by atoms with Crippen LogP contribution in [0.15, 0.2) is 16.3 Å². The normalized spacial score (nSPS) is 12.2. The van der Waals surface area contributed by atoms with Crippen LogP contribution in [0.25, 0.3) is 0 Å². The van der Waals surface area contributed by atoms with E-state index < -0.39 is 10.0 Å². The second-order valence-corrected chi connectivity index (χ2v) is 7.29. The Kier molecular flexibility index (Phi) is 5.58. The monoisotopic (exact) mass is 276 g/mol. The summed E-state index contributed by atoms with van der Waals surface area (Å²) in [5.41, 5.74) is 0. The van der Waals surface area contributed by atoms with E-state index in [1.165, 1.54) is 11.3 Å². The molecule has 6 heteroatoms. The smallest absolute Gasteiger partial charge is 0.250 e. The highest BCUT2D eigenvalue weighted by Crippen LogP contribution is 2.21. The molecule has 0 aliphatic rings. The van der Waals surface area contributed by atoms with Crippen molar-refractivity contribution < 1.29 is 8.42 Å². The molecule has 0 aliphatic carbocycles. The van der Waals surface area contributed by atoms with E-state index in [-0.39, 0.29) is 0 Å². The molecule has 0 spiro atoms. The van der Waals surface area contributed by atoms with E-state index in [1.807, 2.05) is 32.0 Å². The number of nitrogens with one attached hydrogen (secondary N) is 1. The molecule has 0 saturated heterocycles. The number of sulfonamides is 1. The van der Waals surface area contributed by atoms with Gasteiger partial charge in [0.05, 0.1) is 0 Å². The van der Waals surface area contributed by atoms with E-state index in [4.69, 9.17) is 0 Å². The van der Waals surface area contributed by atoms with Crippen molar-refractivity contribution in [2.45, 2.75) is 24.0 Å². The largest absolute Gasteiger partial charge is 0.309 e. The van der Waals surface area contributed by atoms with Gasteiger partial charge in [-0.05, 0) is 45.6 Å². The van der Waals surface area contributed by atoms with Crippen molar-refractivity contribution >= 4 is 21.4 Å². The van der Waals surface area contributed by atoms with Gasteiger partial charge in [0, 0.05) is 11.4 Å². The fourth-order valence-corrected chi connectivity index (χ4v) is 3.78. The predicted octanol–water partition coefficient (Wildman–Crippen LogP) is 1.54. The molecule has 0 aliphatic heterocycles. The highest BCUT2D eigenvalue weighted by molar-refractivity contribution is 7.91. The highest BCUT2D eigenvalue weighted by Gasteiger charge is 2.15. The number of nitrogens with zero attached hydrogens (tertiary/aromatic N) is 1. The Morgan fingerprint density at radius 2 is 2.06 bits per heavy atom. The number of hydrogen-bond donors (Lipinski definition) is 1. The Balaban J connectivity index is 2.51. The SMILES string of the molecule is CCc1ccc(S(=O)(=O)NCCCN(C)C)s1. The summed E-state index contributed by atoms with van der Waals surface area (Å²) in [5, 5.41) is 0. The van der Waals surface area contributed by atoms with Gasteiger partial charge in [-0.15, -0.1) is 11.3 Å². The first-order chi connectivity index (χ1) is 7.95. The molecule has 0 unspecified atom stereocenters. The zero-order valence-electron chi connectivity index (χ0n) is 10.6. The molecule has 0 aromatic carbocycles. The Morgan fingerprint density at radius 1 is 1.35 bits per heavy atom. The van der Waals surface area contributed by atoms with Gasteiger partial charge in [-0.25, -0.2) is 13.1 Å². The van der Waals surface area contributed by atoms with Gasteiger partial charge in [0.1, 0.15) is 4.21 Å². The third kappa shape index (κ3) is 4.75. The second kappa shape index (κ2) is 6.49. The summed E-state index contributed by atoms with van der Waals surface area (Å²) < 4.78 is 26.8. The minimum atomic E-state index is -3.30. The van der Waals surface area contributed by atoms with Crippen molar-refractivity contribution in [1.82, 2.24) is 9.62 Å². The predicted molar refractivity (Wildman–Crippen MR) is 72.1 cm³/mol. The molecule has 0 atom stereocenters. The lowest BCUT2D eigenvalue weighted by molar-refractivity contribution is 0.400. The Morgan fingerprint density at radius 3 is 2.59 bits per heavy atom. The average molecular weight is 276 g/mol. The van der Waals surface area contributed by atoms with Crippen molar-refractivity contribution in [3.8, 4) is 0 Å². The third-order valence-corrected chi connectivity index (χ3v) is 5.51. The highest BCUT2D eigenvalue weighted by atomic mass is 32.2. The van der Waals surface area contributed by atoms with E-state index in [9.17, 15) is 8.42 Å². The molecule has 1 rings (SSSR count). The van der Waals surface area contributed by atoms with E-state index in [2.05, 4.69) is 4.72 Å². The first-order valence-corrected chi connectivity index (χ1v) is 7.99. The maximum absolute atomic E-state index is 11.9. The average Bonchev–Trinajstić information content (AvgIpc) is 2.73. The topological polar surface area (TPSA) is 49.4 Å². The Bertz CT molecular complexity index is 438. The van der Waals surface area contributed by atoms with Crippen LogP contribution in [-0.2, 0) is 16.4 Å². The Hall–Kier alpha value is -0.430. The maximum Gasteiger partial charge on any atom is 0.250 e. The molecule has 0 amide bonds. The van der Waals surface area contributed by atoms with Gasteiger partial charge in [0.15, 0.2) is 0 Å². The second-order valence-electron chi connectivity index (χ2n) is 4.13. The summed E-state index contributed by atoms with van der Waals surface area (Å²) in [7, 11) is 0.650. The molecule has 1 N–H and O–H groups in total. The Labute approximate surface area is 108 Å².